The molecule has 0 radical (unpaired) electrons. The number of hydrogen-bond acceptors (Lipinski definition) is 2. The summed E-state index contributed by atoms with van der Waals surface area (Å²) < 4.78 is 26.0. The largest absolute Gasteiger partial charge is 0.316 e. The van der Waals surface area contributed by atoms with Crippen LogP contribution in [-0.4, -0.2) is 31.1 Å². The summed E-state index contributed by atoms with van der Waals surface area (Å²) in [7, 11) is 1.95. The van der Waals surface area contributed by atoms with Crippen LogP contribution in [0, 0.1) is 11.6 Å². The van der Waals surface area contributed by atoms with Crippen molar-refractivity contribution in [2.75, 3.05) is 20.1 Å². The van der Waals surface area contributed by atoms with Crippen LogP contribution in [0.3, 0.4) is 0 Å². The first-order chi connectivity index (χ1) is 8.11. The Morgan fingerprint density at radius 3 is 2.71 bits per heavy atom. The van der Waals surface area contributed by atoms with Crippen molar-refractivity contribution in [3.63, 3.8) is 0 Å². The van der Waals surface area contributed by atoms with E-state index in [2.05, 4.69) is 10.2 Å². The van der Waals surface area contributed by atoms with Gasteiger partial charge in [-0.05, 0) is 38.1 Å². The van der Waals surface area contributed by atoms with Gasteiger partial charge in [0.1, 0.15) is 0 Å². The van der Waals surface area contributed by atoms with Crippen molar-refractivity contribution >= 4 is 0 Å². The van der Waals surface area contributed by atoms with E-state index in [1.165, 1.54) is 12.1 Å². The van der Waals surface area contributed by atoms with Crippen molar-refractivity contribution in [3.05, 3.63) is 35.4 Å². The minimum absolute atomic E-state index is 0.128. The Kier molecular flexibility index (Phi) is 3.74. The molecule has 4 heteroatoms. The number of likely N-dealkylation sites (tertiary alicyclic amines) is 1. The molecular weight excluding hydrogens is 222 g/mol. The Balaban J connectivity index is 2.09. The molecule has 1 aromatic carbocycles. The minimum atomic E-state index is -0.782. The number of likely N-dealkylation sites (N-methyl/N-ethyl adjacent to an activating group) is 1. The molecule has 1 aliphatic heterocycles. The fourth-order valence-electron chi connectivity index (χ4n) is 2.36. The second-order valence-corrected chi connectivity index (χ2v) is 4.62. The van der Waals surface area contributed by atoms with Crippen LogP contribution in [-0.2, 0) is 0 Å². The van der Waals surface area contributed by atoms with Crippen molar-refractivity contribution < 1.29 is 8.78 Å². The first-order valence-corrected chi connectivity index (χ1v) is 5.98. The van der Waals surface area contributed by atoms with Crippen LogP contribution < -0.4 is 5.32 Å². The lowest BCUT2D eigenvalue weighted by atomic mass is 10.1. The summed E-state index contributed by atoms with van der Waals surface area (Å²) in [5.74, 6) is -1.55. The lowest BCUT2D eigenvalue weighted by Gasteiger charge is -2.24. The zero-order valence-electron chi connectivity index (χ0n) is 10.2. The monoisotopic (exact) mass is 240 g/mol. The highest BCUT2D eigenvalue weighted by Gasteiger charge is 2.25. The predicted molar refractivity (Wildman–Crippen MR) is 63.8 cm³/mol. The van der Waals surface area contributed by atoms with Crippen molar-refractivity contribution in [2.45, 2.75) is 25.4 Å². The predicted octanol–water partition coefficient (Wildman–Crippen LogP) is 2.32. The molecule has 0 aromatic heterocycles. The molecule has 0 saturated carbocycles. The van der Waals surface area contributed by atoms with Gasteiger partial charge in [-0.2, -0.15) is 0 Å². The van der Waals surface area contributed by atoms with Gasteiger partial charge >= 0.3 is 0 Å². The molecule has 2 unspecified atom stereocenters. The molecule has 0 spiro atoms. The maximum absolute atomic E-state index is 13.2. The summed E-state index contributed by atoms with van der Waals surface area (Å²) in [6, 6.07) is 4.79. The van der Waals surface area contributed by atoms with Crippen LogP contribution in [0.25, 0.3) is 0 Å². The number of nitrogens with zero attached hydrogens (tertiary/aromatic N) is 1. The molecule has 1 aromatic rings. The highest BCUT2D eigenvalue weighted by Crippen LogP contribution is 2.25. The van der Waals surface area contributed by atoms with Gasteiger partial charge in [-0.1, -0.05) is 6.07 Å². The van der Waals surface area contributed by atoms with Crippen LogP contribution >= 0.6 is 0 Å². The highest BCUT2D eigenvalue weighted by atomic mass is 19.2. The van der Waals surface area contributed by atoms with Gasteiger partial charge in [-0.15, -0.1) is 0 Å². The van der Waals surface area contributed by atoms with E-state index >= 15 is 0 Å². The lowest BCUT2D eigenvalue weighted by Crippen LogP contribution is -2.31. The topological polar surface area (TPSA) is 15.3 Å². The molecule has 2 nitrogen and oxygen atoms in total. The second kappa shape index (κ2) is 5.10. The molecule has 2 rings (SSSR count). The van der Waals surface area contributed by atoms with Gasteiger partial charge in [0.15, 0.2) is 11.6 Å². The summed E-state index contributed by atoms with van der Waals surface area (Å²) >= 11 is 0. The Hall–Kier alpha value is -1.00. The third-order valence-electron chi connectivity index (χ3n) is 3.60. The molecule has 1 fully saturated rings. The van der Waals surface area contributed by atoms with E-state index < -0.39 is 11.6 Å². The van der Waals surface area contributed by atoms with Gasteiger partial charge in [0.25, 0.3) is 0 Å². The molecule has 1 N–H and O–H groups in total. The van der Waals surface area contributed by atoms with Gasteiger partial charge in [0, 0.05) is 25.2 Å². The van der Waals surface area contributed by atoms with E-state index in [0.717, 1.165) is 25.1 Å². The molecule has 2 atom stereocenters. The standard InChI is InChI=1S/C13H18F2N2/c1-9(17-6-5-11(8-17)16-2)10-3-4-12(14)13(15)7-10/h3-4,7,9,11,16H,5-6,8H2,1-2H3. The normalized spacial score (nSPS) is 22.9. The van der Waals surface area contributed by atoms with E-state index in [9.17, 15) is 8.78 Å². The van der Waals surface area contributed by atoms with Gasteiger partial charge in [-0.25, -0.2) is 8.78 Å². The lowest BCUT2D eigenvalue weighted by molar-refractivity contribution is 0.256. The minimum Gasteiger partial charge on any atom is -0.316 e. The first-order valence-electron chi connectivity index (χ1n) is 5.98. The second-order valence-electron chi connectivity index (χ2n) is 4.62. The SMILES string of the molecule is CNC1CCN(C(C)c2ccc(F)c(F)c2)C1. The van der Waals surface area contributed by atoms with E-state index in [1.807, 2.05) is 14.0 Å². The van der Waals surface area contributed by atoms with Gasteiger partial charge in [0.05, 0.1) is 0 Å². The zero-order chi connectivity index (χ0) is 12.4. The molecule has 94 valence electrons. The van der Waals surface area contributed by atoms with E-state index in [0.29, 0.717) is 6.04 Å². The van der Waals surface area contributed by atoms with Crippen LogP contribution in [0.5, 0.6) is 0 Å². The van der Waals surface area contributed by atoms with Gasteiger partial charge < -0.3 is 5.32 Å². The Morgan fingerprint density at radius 1 is 1.35 bits per heavy atom. The quantitative estimate of drug-likeness (QED) is 0.872. The molecule has 1 saturated heterocycles. The molecule has 17 heavy (non-hydrogen) atoms. The third kappa shape index (κ3) is 2.64. The summed E-state index contributed by atoms with van der Waals surface area (Å²) in [5, 5.41) is 3.24. The summed E-state index contributed by atoms with van der Waals surface area (Å²) in [5.41, 5.74) is 0.834. The average Bonchev–Trinajstić information content (AvgIpc) is 2.80. The number of hydrogen-bond donors (Lipinski definition) is 1. The third-order valence-corrected chi connectivity index (χ3v) is 3.60. The van der Waals surface area contributed by atoms with E-state index in [-0.39, 0.29) is 6.04 Å². The maximum Gasteiger partial charge on any atom is 0.159 e. The van der Waals surface area contributed by atoms with Crippen LogP contribution in [0.2, 0.25) is 0 Å². The fraction of sp³-hybridized carbons (Fsp3) is 0.538. The van der Waals surface area contributed by atoms with E-state index in [4.69, 9.17) is 0 Å². The van der Waals surface area contributed by atoms with Crippen LogP contribution in [0.4, 0.5) is 8.78 Å². The van der Waals surface area contributed by atoms with Crippen molar-refractivity contribution in [3.8, 4) is 0 Å². The zero-order valence-corrected chi connectivity index (χ0v) is 10.2. The molecule has 0 bridgehead atoms. The molecule has 1 heterocycles. The van der Waals surface area contributed by atoms with Crippen molar-refractivity contribution in [1.29, 1.82) is 0 Å². The first kappa shape index (κ1) is 12.5. The summed E-state index contributed by atoms with van der Waals surface area (Å²) in [4.78, 5) is 2.29. The van der Waals surface area contributed by atoms with Crippen LogP contribution in [0.1, 0.15) is 24.9 Å². The highest BCUT2D eigenvalue weighted by molar-refractivity contribution is 5.21. The molecular formula is C13H18F2N2. The summed E-state index contributed by atoms with van der Waals surface area (Å²) in [6.45, 7) is 3.98. The van der Waals surface area contributed by atoms with Gasteiger partial charge in [0.2, 0.25) is 0 Å². The number of nitrogens with one attached hydrogen (secondary N) is 1. The van der Waals surface area contributed by atoms with Crippen LogP contribution in [0.15, 0.2) is 18.2 Å². The molecule has 0 aliphatic carbocycles. The van der Waals surface area contributed by atoms with E-state index in [1.54, 1.807) is 6.07 Å². The molecule has 1 aliphatic rings. The number of halogens is 2. The Bertz CT molecular complexity index is 395. The van der Waals surface area contributed by atoms with Crippen molar-refractivity contribution in [2.24, 2.45) is 0 Å². The Labute approximate surface area is 101 Å². The Morgan fingerprint density at radius 2 is 2.12 bits per heavy atom. The number of rotatable bonds is 3. The maximum atomic E-state index is 13.2. The van der Waals surface area contributed by atoms with Crippen molar-refractivity contribution in [1.82, 2.24) is 10.2 Å². The van der Waals surface area contributed by atoms with Gasteiger partial charge in [-0.3, -0.25) is 4.90 Å². The smallest absolute Gasteiger partial charge is 0.159 e. The number of benzene rings is 1. The summed E-state index contributed by atoms with van der Waals surface area (Å²) in [6.07, 6.45) is 1.10. The fourth-order valence-corrected chi connectivity index (χ4v) is 2.36. The average molecular weight is 240 g/mol. The molecule has 0 amide bonds.